The third-order valence-corrected chi connectivity index (χ3v) is 6.43. The van der Waals surface area contributed by atoms with Crippen LogP contribution < -0.4 is 0 Å². The normalized spacial score (nSPS) is 8.62. The van der Waals surface area contributed by atoms with Crippen molar-refractivity contribution in [3.05, 3.63) is 0 Å². The van der Waals surface area contributed by atoms with Gasteiger partial charge in [-0.15, -0.1) is 0 Å². The van der Waals surface area contributed by atoms with E-state index in [0.29, 0.717) is 6.61 Å². The number of hydrogen-bond acceptors (Lipinski definition) is 2. The van der Waals surface area contributed by atoms with E-state index in [1.807, 2.05) is 0 Å². The van der Waals surface area contributed by atoms with Gasteiger partial charge in [0.1, 0.15) is 0 Å². The largest absolute Gasteiger partial charge is 0.432 e. The van der Waals surface area contributed by atoms with Gasteiger partial charge >= 0.3 is 0 Å². The average molecular weight is 334 g/mol. The molecule has 0 aromatic heterocycles. The van der Waals surface area contributed by atoms with E-state index in [-0.39, 0.29) is 37.2 Å². The molecular weight excluding hydrogens is 303 g/mol. The predicted octanol–water partition coefficient (Wildman–Crippen LogP) is 1.11. The first kappa shape index (κ1) is 30.2. The topological polar surface area (TPSA) is 103 Å². The SMILES string of the molecule is CCCCO.CC[Si](O)(CC)CC.O.O.[Zr]. The van der Waals surface area contributed by atoms with Crippen LogP contribution in [-0.2, 0) is 26.2 Å². The average Bonchev–Trinajstić information content (AvgIpc) is 2.19. The van der Waals surface area contributed by atoms with E-state index in [2.05, 4.69) is 27.7 Å². The number of hydrogen-bond donors (Lipinski definition) is 2. The molecular formula is C10H30O4SiZr. The van der Waals surface area contributed by atoms with E-state index in [1.54, 1.807) is 0 Å². The van der Waals surface area contributed by atoms with Crippen LogP contribution in [0.5, 0.6) is 0 Å². The summed E-state index contributed by atoms with van der Waals surface area (Å²) in [5.74, 6) is 0. The molecule has 6 N–H and O–H groups in total. The van der Waals surface area contributed by atoms with E-state index in [4.69, 9.17) is 5.11 Å². The van der Waals surface area contributed by atoms with Gasteiger partial charge in [-0.25, -0.2) is 0 Å². The van der Waals surface area contributed by atoms with Crippen LogP contribution in [-0.4, -0.2) is 35.8 Å². The van der Waals surface area contributed by atoms with E-state index in [0.717, 1.165) is 31.0 Å². The Labute approximate surface area is 120 Å². The molecule has 0 unspecified atom stereocenters. The van der Waals surface area contributed by atoms with Gasteiger partial charge in [-0.2, -0.15) is 0 Å². The first-order valence-electron chi connectivity index (χ1n) is 5.43. The fraction of sp³-hybridized carbons (Fsp3) is 1.00. The van der Waals surface area contributed by atoms with Crippen molar-refractivity contribution in [3.63, 3.8) is 0 Å². The molecule has 0 aliphatic heterocycles. The Morgan fingerprint density at radius 1 is 0.875 bits per heavy atom. The van der Waals surface area contributed by atoms with Gasteiger partial charge in [-0.3, -0.25) is 0 Å². The molecule has 0 aromatic rings. The van der Waals surface area contributed by atoms with E-state index >= 15 is 0 Å². The Bertz CT molecular complexity index is 92.6. The van der Waals surface area contributed by atoms with Gasteiger partial charge in [0.25, 0.3) is 0 Å². The van der Waals surface area contributed by atoms with Crippen molar-refractivity contribution >= 4 is 8.32 Å². The van der Waals surface area contributed by atoms with Crippen molar-refractivity contribution in [2.75, 3.05) is 6.61 Å². The van der Waals surface area contributed by atoms with E-state index in [9.17, 15) is 4.80 Å². The summed E-state index contributed by atoms with van der Waals surface area (Å²) < 4.78 is 0. The van der Waals surface area contributed by atoms with E-state index < -0.39 is 8.32 Å². The van der Waals surface area contributed by atoms with Gasteiger partial charge in [-0.1, -0.05) is 34.1 Å². The quantitative estimate of drug-likeness (QED) is 0.736. The summed E-state index contributed by atoms with van der Waals surface area (Å²) in [4.78, 5) is 9.58. The van der Waals surface area contributed by atoms with Crippen LogP contribution in [0.3, 0.4) is 0 Å². The summed E-state index contributed by atoms with van der Waals surface area (Å²) in [5, 5.41) is 8.07. The fourth-order valence-corrected chi connectivity index (χ4v) is 2.41. The standard InChI is InChI=1S/C6H16OSi.C4H10O.2H2O.Zr/c1-4-8(7,5-2)6-3;1-2-3-4-5;;;/h7H,4-6H2,1-3H3;5H,2-4H2,1H3;2*1H2;. The molecule has 102 valence electrons. The van der Waals surface area contributed by atoms with Gasteiger partial charge in [0.05, 0.1) is 0 Å². The van der Waals surface area contributed by atoms with Crippen LogP contribution in [0.25, 0.3) is 0 Å². The van der Waals surface area contributed by atoms with Crippen LogP contribution >= 0.6 is 0 Å². The second-order valence-corrected chi connectivity index (χ2v) is 7.93. The molecule has 0 atom stereocenters. The molecule has 0 fully saturated rings. The molecule has 0 heterocycles. The maximum absolute atomic E-state index is 9.58. The predicted molar refractivity (Wildman–Crippen MR) is 68.6 cm³/mol. The zero-order valence-corrected chi connectivity index (χ0v) is 14.6. The minimum Gasteiger partial charge on any atom is -0.432 e. The summed E-state index contributed by atoms with van der Waals surface area (Å²) in [6, 6.07) is 3.04. The van der Waals surface area contributed by atoms with Crippen LogP contribution in [0.1, 0.15) is 40.5 Å². The Morgan fingerprint density at radius 2 is 1.19 bits per heavy atom. The molecule has 16 heavy (non-hydrogen) atoms. The fourth-order valence-electron chi connectivity index (χ4n) is 0.908. The van der Waals surface area contributed by atoms with Crippen molar-refractivity contribution in [1.82, 2.24) is 0 Å². The third-order valence-electron chi connectivity index (χ3n) is 2.49. The Kier molecular flexibility index (Phi) is 40.1. The van der Waals surface area contributed by atoms with Gasteiger partial charge in [0.15, 0.2) is 8.32 Å². The molecule has 0 bridgehead atoms. The number of aliphatic hydroxyl groups excluding tert-OH is 1. The smallest absolute Gasteiger partial charge is 0.187 e. The number of aliphatic hydroxyl groups is 1. The molecule has 0 rings (SSSR count). The molecule has 0 spiro atoms. The zero-order valence-electron chi connectivity index (χ0n) is 11.1. The third kappa shape index (κ3) is 20.4. The van der Waals surface area contributed by atoms with Crippen molar-refractivity contribution in [2.45, 2.75) is 58.7 Å². The molecule has 0 amide bonds. The monoisotopic (exact) mass is 332 g/mol. The first-order chi connectivity index (χ1) is 6.10. The Morgan fingerprint density at radius 3 is 1.19 bits per heavy atom. The van der Waals surface area contributed by atoms with Crippen LogP contribution in [0.2, 0.25) is 18.1 Å². The number of rotatable bonds is 5. The molecule has 0 aromatic carbocycles. The minimum absolute atomic E-state index is 0. The van der Waals surface area contributed by atoms with Crippen LogP contribution in [0, 0.1) is 0 Å². The first-order valence-corrected chi connectivity index (χ1v) is 8.00. The van der Waals surface area contributed by atoms with Crippen molar-refractivity contribution in [2.24, 2.45) is 0 Å². The Hall–Kier alpha value is 0.940. The second kappa shape index (κ2) is 21.2. The van der Waals surface area contributed by atoms with Gasteiger partial charge in [0.2, 0.25) is 0 Å². The maximum atomic E-state index is 9.58. The molecule has 0 aliphatic carbocycles. The van der Waals surface area contributed by atoms with Gasteiger partial charge in [-0.05, 0) is 24.6 Å². The van der Waals surface area contributed by atoms with Crippen molar-refractivity contribution in [3.8, 4) is 0 Å². The second-order valence-electron chi connectivity index (χ2n) is 3.36. The molecule has 0 saturated heterocycles. The summed E-state index contributed by atoms with van der Waals surface area (Å²) >= 11 is 0. The number of unbranched alkanes of at least 4 members (excludes halogenated alkanes) is 1. The molecule has 0 saturated carbocycles. The van der Waals surface area contributed by atoms with E-state index in [1.165, 1.54) is 0 Å². The minimum atomic E-state index is -1.67. The van der Waals surface area contributed by atoms with Gasteiger partial charge < -0.3 is 20.9 Å². The molecule has 0 radical (unpaired) electrons. The summed E-state index contributed by atoms with van der Waals surface area (Å²) in [5.41, 5.74) is 0. The zero-order chi connectivity index (χ0) is 10.7. The molecule has 6 heteroatoms. The van der Waals surface area contributed by atoms with Crippen LogP contribution in [0.4, 0.5) is 0 Å². The van der Waals surface area contributed by atoms with Crippen molar-refractivity contribution < 1.29 is 47.1 Å². The summed E-state index contributed by atoms with van der Waals surface area (Å²) in [6.07, 6.45) is 2.04. The van der Waals surface area contributed by atoms with Crippen molar-refractivity contribution in [1.29, 1.82) is 0 Å². The van der Waals surface area contributed by atoms with Gasteiger partial charge in [0, 0.05) is 32.8 Å². The molecule has 0 aliphatic rings. The summed E-state index contributed by atoms with van der Waals surface area (Å²) in [6.45, 7) is 8.64. The maximum Gasteiger partial charge on any atom is 0.187 e. The van der Waals surface area contributed by atoms with Crippen LogP contribution in [0.15, 0.2) is 0 Å². The summed E-state index contributed by atoms with van der Waals surface area (Å²) in [7, 11) is -1.67. The Balaban J connectivity index is -0.0000000454. The molecule has 4 nitrogen and oxygen atoms in total.